The molecule has 1 aromatic rings. The van der Waals surface area contributed by atoms with Crippen molar-refractivity contribution in [2.45, 2.75) is 31.6 Å². The number of oxazole rings is 1. The predicted octanol–water partition coefficient (Wildman–Crippen LogP) is 1.29. The summed E-state index contributed by atoms with van der Waals surface area (Å²) >= 11 is 0. The Morgan fingerprint density at radius 1 is 1.59 bits per heavy atom. The molecule has 1 fully saturated rings. The average molecular weight is 238 g/mol. The molecule has 0 unspecified atom stereocenters. The molecule has 1 aliphatic heterocycles. The van der Waals surface area contributed by atoms with Crippen molar-refractivity contribution in [3.63, 3.8) is 0 Å². The van der Waals surface area contributed by atoms with Crippen molar-refractivity contribution in [3.8, 4) is 0 Å². The Bertz CT molecular complexity index is 406. The third kappa shape index (κ3) is 2.07. The van der Waals surface area contributed by atoms with E-state index in [1.807, 2.05) is 14.0 Å². The third-order valence-electron chi connectivity index (χ3n) is 3.58. The molecule has 0 aromatic carbocycles. The van der Waals surface area contributed by atoms with Gasteiger partial charge in [-0.05, 0) is 33.0 Å². The van der Waals surface area contributed by atoms with Crippen LogP contribution < -0.4 is 0 Å². The van der Waals surface area contributed by atoms with E-state index in [1.165, 1.54) is 0 Å². The molecule has 1 aromatic heterocycles. The molecule has 94 valence electrons. The number of aryl methyl sites for hydroxylation is 1. The lowest BCUT2D eigenvalue weighted by Crippen LogP contribution is -2.45. The quantitative estimate of drug-likeness (QED) is 0.859. The average Bonchev–Trinajstić information content (AvgIpc) is 2.79. The van der Waals surface area contributed by atoms with Crippen molar-refractivity contribution in [2.75, 3.05) is 20.1 Å². The van der Waals surface area contributed by atoms with Crippen LogP contribution >= 0.6 is 0 Å². The summed E-state index contributed by atoms with van der Waals surface area (Å²) < 4.78 is 5.56. The Balaban J connectivity index is 2.31. The Morgan fingerprint density at radius 3 is 2.71 bits per heavy atom. The van der Waals surface area contributed by atoms with Crippen molar-refractivity contribution in [2.24, 2.45) is 0 Å². The fraction of sp³-hybridized carbons (Fsp3) is 0.667. The molecule has 5 nitrogen and oxygen atoms in total. The first-order chi connectivity index (χ1) is 8.08. The highest BCUT2D eigenvalue weighted by Crippen LogP contribution is 2.36. The molecular weight excluding hydrogens is 220 g/mol. The summed E-state index contributed by atoms with van der Waals surface area (Å²) in [5.41, 5.74) is -0.882. The van der Waals surface area contributed by atoms with Crippen LogP contribution in [0.5, 0.6) is 0 Å². The minimum atomic E-state index is -0.882. The number of aromatic nitrogens is 1. The largest absolute Gasteiger partial charge is 0.480 e. The third-order valence-corrected chi connectivity index (χ3v) is 3.58. The summed E-state index contributed by atoms with van der Waals surface area (Å²) in [6, 6.07) is 0. The van der Waals surface area contributed by atoms with Gasteiger partial charge in [0.05, 0.1) is 6.20 Å². The summed E-state index contributed by atoms with van der Waals surface area (Å²) in [4.78, 5) is 17.8. The van der Waals surface area contributed by atoms with Crippen LogP contribution in [0.3, 0.4) is 0 Å². The van der Waals surface area contributed by atoms with Gasteiger partial charge in [-0.25, -0.2) is 4.98 Å². The highest BCUT2D eigenvalue weighted by molar-refractivity contribution is 5.80. The molecule has 0 spiro atoms. The first kappa shape index (κ1) is 12.1. The molecule has 0 amide bonds. The molecule has 2 rings (SSSR count). The number of carbonyl (C=O) groups is 1. The molecule has 2 heterocycles. The van der Waals surface area contributed by atoms with Gasteiger partial charge in [0.25, 0.3) is 0 Å². The SMILES string of the molecule is CCc1ncc(C2(C(=O)O)CCN(C)CC2)o1. The highest BCUT2D eigenvalue weighted by Gasteiger charge is 2.45. The zero-order chi connectivity index (χ0) is 12.5. The molecule has 5 heteroatoms. The van der Waals surface area contributed by atoms with Crippen LogP contribution in [0.4, 0.5) is 0 Å². The van der Waals surface area contributed by atoms with Gasteiger partial charge in [-0.15, -0.1) is 0 Å². The normalized spacial score (nSPS) is 20.4. The van der Waals surface area contributed by atoms with Gasteiger partial charge >= 0.3 is 5.97 Å². The maximum atomic E-state index is 11.6. The van der Waals surface area contributed by atoms with Crippen molar-refractivity contribution < 1.29 is 14.3 Å². The van der Waals surface area contributed by atoms with Crippen molar-refractivity contribution in [1.29, 1.82) is 0 Å². The molecular formula is C12H18N2O3. The molecule has 0 atom stereocenters. The van der Waals surface area contributed by atoms with E-state index >= 15 is 0 Å². The fourth-order valence-electron chi connectivity index (χ4n) is 2.26. The van der Waals surface area contributed by atoms with Crippen LogP contribution in [0.25, 0.3) is 0 Å². The lowest BCUT2D eigenvalue weighted by molar-refractivity contribution is -0.146. The van der Waals surface area contributed by atoms with Gasteiger partial charge in [0.1, 0.15) is 11.2 Å². The van der Waals surface area contributed by atoms with Crippen molar-refractivity contribution >= 4 is 5.97 Å². The number of carboxylic acid groups (broad SMARTS) is 1. The van der Waals surface area contributed by atoms with Gasteiger partial charge in [0.2, 0.25) is 0 Å². The summed E-state index contributed by atoms with van der Waals surface area (Å²) in [6.45, 7) is 3.49. The van der Waals surface area contributed by atoms with Gasteiger partial charge in [-0.3, -0.25) is 4.79 Å². The van der Waals surface area contributed by atoms with Crippen LogP contribution in [-0.4, -0.2) is 41.1 Å². The first-order valence-corrected chi connectivity index (χ1v) is 5.95. The number of carboxylic acids is 1. The van der Waals surface area contributed by atoms with Crippen LogP contribution in [0.2, 0.25) is 0 Å². The van der Waals surface area contributed by atoms with Crippen LogP contribution in [-0.2, 0) is 16.6 Å². The van der Waals surface area contributed by atoms with E-state index < -0.39 is 11.4 Å². The molecule has 1 saturated heterocycles. The van der Waals surface area contributed by atoms with E-state index in [-0.39, 0.29) is 0 Å². The zero-order valence-electron chi connectivity index (χ0n) is 10.3. The van der Waals surface area contributed by atoms with E-state index in [2.05, 4.69) is 9.88 Å². The Hall–Kier alpha value is -1.36. The van der Waals surface area contributed by atoms with Crippen molar-refractivity contribution in [3.05, 3.63) is 17.8 Å². The van der Waals surface area contributed by atoms with Gasteiger partial charge in [-0.1, -0.05) is 6.92 Å². The van der Waals surface area contributed by atoms with E-state index in [0.717, 1.165) is 13.1 Å². The molecule has 0 bridgehead atoms. The number of likely N-dealkylation sites (tertiary alicyclic amines) is 1. The summed E-state index contributed by atoms with van der Waals surface area (Å²) in [5.74, 6) is 0.318. The first-order valence-electron chi connectivity index (χ1n) is 5.95. The van der Waals surface area contributed by atoms with Crippen LogP contribution in [0.15, 0.2) is 10.6 Å². The summed E-state index contributed by atoms with van der Waals surface area (Å²) in [7, 11) is 2.00. The second-order valence-electron chi connectivity index (χ2n) is 4.66. The number of hydrogen-bond acceptors (Lipinski definition) is 4. The lowest BCUT2D eigenvalue weighted by atomic mass is 9.76. The summed E-state index contributed by atoms with van der Waals surface area (Å²) in [6.07, 6.45) is 3.43. The number of hydrogen-bond donors (Lipinski definition) is 1. The van der Waals surface area contributed by atoms with Gasteiger partial charge in [0, 0.05) is 6.42 Å². The Labute approximate surface area is 100 Å². The van der Waals surface area contributed by atoms with E-state index in [9.17, 15) is 9.90 Å². The maximum absolute atomic E-state index is 11.6. The van der Waals surface area contributed by atoms with Crippen LogP contribution in [0.1, 0.15) is 31.4 Å². The van der Waals surface area contributed by atoms with E-state index in [1.54, 1.807) is 6.20 Å². The molecule has 1 N–H and O–H groups in total. The highest BCUT2D eigenvalue weighted by atomic mass is 16.4. The minimum absolute atomic E-state index is 0.509. The summed E-state index contributed by atoms with van der Waals surface area (Å²) in [5, 5.41) is 9.50. The second kappa shape index (κ2) is 4.49. The number of nitrogens with zero attached hydrogens (tertiary/aromatic N) is 2. The minimum Gasteiger partial charge on any atom is -0.480 e. The molecule has 17 heavy (non-hydrogen) atoms. The van der Waals surface area contributed by atoms with Crippen LogP contribution in [0, 0.1) is 0 Å². The van der Waals surface area contributed by atoms with Gasteiger partial charge in [0.15, 0.2) is 5.89 Å². The Kier molecular flexibility index (Phi) is 3.19. The predicted molar refractivity (Wildman–Crippen MR) is 61.9 cm³/mol. The monoisotopic (exact) mass is 238 g/mol. The second-order valence-corrected chi connectivity index (χ2v) is 4.66. The molecule has 0 radical (unpaired) electrons. The van der Waals surface area contributed by atoms with Gasteiger partial charge < -0.3 is 14.4 Å². The standard InChI is InChI=1S/C12H18N2O3/c1-3-10-13-8-9(17-10)12(11(15)16)4-6-14(2)7-5-12/h8H,3-7H2,1-2H3,(H,15,16). The number of rotatable bonds is 3. The van der Waals surface area contributed by atoms with E-state index in [0.29, 0.717) is 30.9 Å². The molecule has 1 aliphatic rings. The number of aliphatic carboxylic acids is 1. The van der Waals surface area contributed by atoms with Crippen molar-refractivity contribution in [1.82, 2.24) is 9.88 Å². The Morgan fingerprint density at radius 2 is 2.24 bits per heavy atom. The topological polar surface area (TPSA) is 66.6 Å². The molecule has 0 saturated carbocycles. The lowest BCUT2D eigenvalue weighted by Gasteiger charge is -2.35. The molecule has 0 aliphatic carbocycles. The smallest absolute Gasteiger partial charge is 0.317 e. The van der Waals surface area contributed by atoms with E-state index in [4.69, 9.17) is 4.42 Å². The van der Waals surface area contributed by atoms with Gasteiger partial charge in [-0.2, -0.15) is 0 Å². The fourth-order valence-corrected chi connectivity index (χ4v) is 2.26. The number of piperidine rings is 1. The maximum Gasteiger partial charge on any atom is 0.317 e. The zero-order valence-corrected chi connectivity index (χ0v) is 10.3.